The fourth-order valence-corrected chi connectivity index (χ4v) is 5.07. The van der Waals surface area contributed by atoms with Crippen molar-refractivity contribution in [2.24, 2.45) is 0 Å². The largest absolute Gasteiger partial charge is 0.328 e. The molecule has 1 atom stereocenters. The number of hydrogen-bond donors (Lipinski definition) is 0. The quantitative estimate of drug-likeness (QED) is 0.671. The highest BCUT2D eigenvalue weighted by Gasteiger charge is 2.42. The van der Waals surface area contributed by atoms with Gasteiger partial charge in [0.1, 0.15) is 18.4 Å². The van der Waals surface area contributed by atoms with Crippen LogP contribution in [0.5, 0.6) is 0 Å². The molecule has 3 aliphatic rings. The van der Waals surface area contributed by atoms with Gasteiger partial charge in [-0.15, -0.1) is 0 Å². The molecule has 2 fully saturated rings. The van der Waals surface area contributed by atoms with E-state index in [2.05, 4.69) is 6.08 Å². The number of carbonyl (C=O) groups excluding carboxylic acids is 2. The number of amides is 2. The molecule has 2 amide bonds. The zero-order valence-electron chi connectivity index (χ0n) is 17.1. The van der Waals surface area contributed by atoms with Crippen molar-refractivity contribution in [2.75, 3.05) is 13.1 Å². The van der Waals surface area contributed by atoms with Gasteiger partial charge >= 0.3 is 0 Å². The van der Waals surface area contributed by atoms with E-state index in [1.54, 1.807) is 17.0 Å². The lowest BCUT2D eigenvalue weighted by atomic mass is 9.91. The Morgan fingerprint density at radius 1 is 0.966 bits per heavy atom. The molecule has 0 aromatic heterocycles. The summed E-state index contributed by atoms with van der Waals surface area (Å²) >= 11 is 0. The average Bonchev–Trinajstić information content (AvgIpc) is 2.76. The highest BCUT2D eigenvalue weighted by molar-refractivity contribution is 5.95. The van der Waals surface area contributed by atoms with E-state index < -0.39 is 6.04 Å². The van der Waals surface area contributed by atoms with Crippen molar-refractivity contribution < 1.29 is 14.0 Å². The summed E-state index contributed by atoms with van der Waals surface area (Å²) in [7, 11) is 0. The van der Waals surface area contributed by atoms with E-state index in [1.165, 1.54) is 37.0 Å². The Bertz CT molecular complexity index is 768. The number of carbonyl (C=O) groups is 2. The average molecular weight is 399 g/mol. The van der Waals surface area contributed by atoms with Crippen LogP contribution in [0, 0.1) is 5.82 Å². The Morgan fingerprint density at radius 3 is 2.41 bits per heavy atom. The molecule has 0 spiro atoms. The summed E-state index contributed by atoms with van der Waals surface area (Å²) in [5.74, 6) is -0.312. The third-order valence-electron chi connectivity index (χ3n) is 6.71. The molecule has 4 nitrogen and oxygen atoms in total. The second-order valence-electron chi connectivity index (χ2n) is 8.66. The first kappa shape index (κ1) is 20.1. The summed E-state index contributed by atoms with van der Waals surface area (Å²) in [6.45, 7) is 0.733. The van der Waals surface area contributed by atoms with E-state index in [0.717, 1.165) is 44.9 Å². The van der Waals surface area contributed by atoms with Crippen LogP contribution in [0.1, 0.15) is 75.8 Å². The van der Waals surface area contributed by atoms with Gasteiger partial charge in [0.05, 0.1) is 0 Å². The molecular formula is C24H31FN2O2. The van der Waals surface area contributed by atoms with Gasteiger partial charge in [0.2, 0.25) is 5.91 Å². The van der Waals surface area contributed by atoms with Crippen molar-refractivity contribution in [3.63, 3.8) is 0 Å². The van der Waals surface area contributed by atoms with Gasteiger partial charge < -0.3 is 9.80 Å². The van der Waals surface area contributed by atoms with E-state index in [-0.39, 0.29) is 30.2 Å². The van der Waals surface area contributed by atoms with Gasteiger partial charge in [-0.05, 0) is 62.6 Å². The summed E-state index contributed by atoms with van der Waals surface area (Å²) in [6.07, 6.45) is 13.1. The SMILES string of the molecule is O=C1C(c2ccc(F)cc2)N(CCC2=CCCCC2)C(=O)CN1C1CCCCC1. The first-order valence-electron chi connectivity index (χ1n) is 11.2. The molecule has 1 aromatic rings. The molecule has 1 saturated heterocycles. The summed E-state index contributed by atoms with van der Waals surface area (Å²) in [5, 5.41) is 0. The second-order valence-corrected chi connectivity index (χ2v) is 8.66. The summed E-state index contributed by atoms with van der Waals surface area (Å²) in [6, 6.07) is 5.60. The standard InChI is InChI=1S/C24H31FN2O2/c25-20-13-11-19(12-14-20)23-24(29)27(21-9-5-2-6-10-21)17-22(28)26(23)16-15-18-7-3-1-4-8-18/h7,11-14,21,23H,1-6,8-10,15-17H2. The predicted molar refractivity (Wildman–Crippen MR) is 111 cm³/mol. The Kier molecular flexibility index (Phi) is 6.31. The van der Waals surface area contributed by atoms with E-state index in [4.69, 9.17) is 0 Å². The third kappa shape index (κ3) is 4.54. The molecule has 2 aliphatic carbocycles. The van der Waals surface area contributed by atoms with Crippen LogP contribution in [0.25, 0.3) is 0 Å². The monoisotopic (exact) mass is 398 g/mol. The number of allylic oxidation sites excluding steroid dienone is 1. The van der Waals surface area contributed by atoms with Gasteiger partial charge in [0.25, 0.3) is 5.91 Å². The first-order chi connectivity index (χ1) is 14.1. The molecular weight excluding hydrogens is 367 g/mol. The fourth-order valence-electron chi connectivity index (χ4n) is 5.07. The molecule has 5 heteroatoms. The Balaban J connectivity index is 1.58. The Morgan fingerprint density at radius 2 is 1.72 bits per heavy atom. The van der Waals surface area contributed by atoms with Gasteiger partial charge in [0, 0.05) is 12.6 Å². The zero-order chi connectivity index (χ0) is 20.2. The maximum Gasteiger partial charge on any atom is 0.250 e. The first-order valence-corrected chi connectivity index (χ1v) is 11.2. The molecule has 1 heterocycles. The highest BCUT2D eigenvalue weighted by Crippen LogP contribution is 2.33. The van der Waals surface area contributed by atoms with Gasteiger partial charge in [-0.25, -0.2) is 4.39 Å². The maximum absolute atomic E-state index is 13.5. The zero-order valence-corrected chi connectivity index (χ0v) is 17.1. The Labute approximate surface area is 172 Å². The smallest absolute Gasteiger partial charge is 0.250 e. The molecule has 0 N–H and O–H groups in total. The van der Waals surface area contributed by atoms with Crippen LogP contribution in [0.2, 0.25) is 0 Å². The highest BCUT2D eigenvalue weighted by atomic mass is 19.1. The molecule has 0 radical (unpaired) electrons. The minimum Gasteiger partial charge on any atom is -0.328 e. The lowest BCUT2D eigenvalue weighted by Crippen LogP contribution is -2.58. The third-order valence-corrected chi connectivity index (χ3v) is 6.71. The molecule has 1 aromatic carbocycles. The topological polar surface area (TPSA) is 40.6 Å². The van der Waals surface area contributed by atoms with Crippen molar-refractivity contribution in [3.05, 3.63) is 47.3 Å². The molecule has 4 rings (SSSR count). The number of hydrogen-bond acceptors (Lipinski definition) is 2. The predicted octanol–water partition coefficient (Wildman–Crippen LogP) is 4.76. The lowest BCUT2D eigenvalue weighted by molar-refractivity contribution is -0.159. The number of halogens is 1. The minimum absolute atomic E-state index is 0.000678. The fraction of sp³-hybridized carbons (Fsp3) is 0.583. The number of benzene rings is 1. The van der Waals surface area contributed by atoms with Crippen LogP contribution in [0.4, 0.5) is 4.39 Å². The van der Waals surface area contributed by atoms with E-state index >= 15 is 0 Å². The van der Waals surface area contributed by atoms with E-state index in [0.29, 0.717) is 12.1 Å². The van der Waals surface area contributed by atoms with Gasteiger partial charge in [-0.3, -0.25) is 9.59 Å². The van der Waals surface area contributed by atoms with E-state index in [1.807, 2.05) is 4.90 Å². The van der Waals surface area contributed by atoms with Crippen LogP contribution >= 0.6 is 0 Å². The minimum atomic E-state index is -0.636. The van der Waals surface area contributed by atoms with Crippen LogP contribution in [0.15, 0.2) is 35.9 Å². The molecule has 156 valence electrons. The van der Waals surface area contributed by atoms with E-state index in [9.17, 15) is 14.0 Å². The van der Waals surface area contributed by atoms with Crippen molar-refractivity contribution in [1.82, 2.24) is 9.80 Å². The molecule has 1 saturated carbocycles. The van der Waals surface area contributed by atoms with Crippen LogP contribution < -0.4 is 0 Å². The van der Waals surface area contributed by atoms with Gasteiger partial charge in [-0.1, -0.05) is 43.0 Å². The normalized spacial score (nSPS) is 24.0. The van der Waals surface area contributed by atoms with Gasteiger partial charge in [0.15, 0.2) is 0 Å². The molecule has 29 heavy (non-hydrogen) atoms. The molecule has 1 aliphatic heterocycles. The van der Waals surface area contributed by atoms with Crippen molar-refractivity contribution in [2.45, 2.75) is 76.3 Å². The summed E-state index contributed by atoms with van der Waals surface area (Å²) in [4.78, 5) is 30.2. The van der Waals surface area contributed by atoms with Crippen LogP contribution in [0.3, 0.4) is 0 Å². The molecule has 1 unspecified atom stereocenters. The van der Waals surface area contributed by atoms with Gasteiger partial charge in [-0.2, -0.15) is 0 Å². The lowest BCUT2D eigenvalue weighted by Gasteiger charge is -2.44. The second kappa shape index (κ2) is 9.10. The van der Waals surface area contributed by atoms with Crippen molar-refractivity contribution in [3.8, 4) is 0 Å². The molecule has 0 bridgehead atoms. The number of piperazine rings is 1. The summed E-state index contributed by atoms with van der Waals surface area (Å²) < 4.78 is 13.5. The van der Waals surface area contributed by atoms with Crippen LogP contribution in [-0.2, 0) is 9.59 Å². The maximum atomic E-state index is 13.5. The summed E-state index contributed by atoms with van der Waals surface area (Å²) in [5.41, 5.74) is 2.10. The number of rotatable bonds is 5. The van der Waals surface area contributed by atoms with Crippen molar-refractivity contribution >= 4 is 11.8 Å². The van der Waals surface area contributed by atoms with Crippen LogP contribution in [-0.4, -0.2) is 40.7 Å². The number of nitrogens with zero attached hydrogens (tertiary/aromatic N) is 2. The Hall–Kier alpha value is -2.17. The van der Waals surface area contributed by atoms with Crippen molar-refractivity contribution in [1.29, 1.82) is 0 Å².